The zero-order chi connectivity index (χ0) is 20.3. The number of carbonyl (C=O) groups excluding carboxylic acids is 2. The average molecular weight is 470 g/mol. The van der Waals surface area contributed by atoms with Crippen LogP contribution in [0.5, 0.6) is 0 Å². The van der Waals surface area contributed by atoms with Gasteiger partial charge in [0.05, 0.1) is 15.1 Å². The van der Waals surface area contributed by atoms with Crippen LogP contribution in [0.25, 0.3) is 0 Å². The van der Waals surface area contributed by atoms with Crippen LogP contribution in [0.4, 0.5) is 5.69 Å². The molecule has 0 fully saturated rings. The fourth-order valence-electron chi connectivity index (χ4n) is 2.20. The third-order valence-corrected chi connectivity index (χ3v) is 5.58. The second kappa shape index (κ2) is 9.30. The SMILES string of the molecule is CCN(CC(=O)Nc1cc(Cl)ccc1C)C(=O)c1nc(Cl)c(Cl)c(Cl)c1Cl. The van der Waals surface area contributed by atoms with E-state index in [9.17, 15) is 9.59 Å². The Bertz CT molecular complexity index is 905. The van der Waals surface area contributed by atoms with Crippen LogP contribution in [-0.4, -0.2) is 34.8 Å². The predicted molar refractivity (Wildman–Crippen MR) is 111 cm³/mol. The van der Waals surface area contributed by atoms with E-state index in [-0.39, 0.29) is 39.0 Å². The van der Waals surface area contributed by atoms with Crippen LogP contribution in [0.15, 0.2) is 18.2 Å². The molecule has 0 radical (unpaired) electrons. The van der Waals surface area contributed by atoms with Gasteiger partial charge in [0.1, 0.15) is 17.4 Å². The number of likely N-dealkylation sites (N-methyl/N-ethyl adjacent to an activating group) is 1. The summed E-state index contributed by atoms with van der Waals surface area (Å²) in [5, 5.41) is 2.82. The summed E-state index contributed by atoms with van der Waals surface area (Å²) in [6, 6.07) is 5.13. The summed E-state index contributed by atoms with van der Waals surface area (Å²) in [5.74, 6) is -1.00. The normalized spacial score (nSPS) is 10.6. The van der Waals surface area contributed by atoms with Gasteiger partial charge < -0.3 is 10.2 Å². The lowest BCUT2D eigenvalue weighted by atomic mass is 10.2. The van der Waals surface area contributed by atoms with Crippen molar-refractivity contribution >= 4 is 75.5 Å². The number of carbonyl (C=O) groups is 2. The van der Waals surface area contributed by atoms with Gasteiger partial charge in [-0.05, 0) is 31.5 Å². The minimum atomic E-state index is -0.596. The minimum absolute atomic E-state index is 0.0443. The Morgan fingerprint density at radius 1 is 1.07 bits per heavy atom. The van der Waals surface area contributed by atoms with Gasteiger partial charge in [0.2, 0.25) is 5.91 Å². The van der Waals surface area contributed by atoms with E-state index in [1.807, 2.05) is 6.92 Å². The fourth-order valence-corrected chi connectivity index (χ4v) is 3.18. The van der Waals surface area contributed by atoms with Crippen molar-refractivity contribution in [2.45, 2.75) is 13.8 Å². The number of benzene rings is 1. The van der Waals surface area contributed by atoms with Crippen LogP contribution in [0.3, 0.4) is 0 Å². The number of aromatic nitrogens is 1. The molecule has 27 heavy (non-hydrogen) atoms. The van der Waals surface area contributed by atoms with Gasteiger partial charge in [-0.25, -0.2) is 4.98 Å². The summed E-state index contributed by atoms with van der Waals surface area (Å²) in [4.78, 5) is 30.3. The van der Waals surface area contributed by atoms with Crippen molar-refractivity contribution < 1.29 is 9.59 Å². The number of aryl methyl sites for hydroxylation is 1. The molecule has 0 atom stereocenters. The van der Waals surface area contributed by atoms with E-state index in [1.165, 1.54) is 4.90 Å². The van der Waals surface area contributed by atoms with Crippen molar-refractivity contribution in [3.8, 4) is 0 Å². The molecule has 10 heteroatoms. The first-order valence-electron chi connectivity index (χ1n) is 7.71. The van der Waals surface area contributed by atoms with Crippen molar-refractivity contribution in [3.05, 3.63) is 54.7 Å². The molecule has 0 aliphatic heterocycles. The third-order valence-electron chi connectivity index (χ3n) is 3.66. The van der Waals surface area contributed by atoms with Gasteiger partial charge in [-0.2, -0.15) is 0 Å². The predicted octanol–water partition coefficient (Wildman–Crippen LogP) is 5.76. The first-order valence-corrected chi connectivity index (χ1v) is 9.59. The molecule has 2 rings (SSSR count). The van der Waals surface area contributed by atoms with E-state index < -0.39 is 11.8 Å². The first kappa shape index (κ1) is 22.1. The highest BCUT2D eigenvalue weighted by molar-refractivity contribution is 6.52. The van der Waals surface area contributed by atoms with Crippen LogP contribution >= 0.6 is 58.0 Å². The van der Waals surface area contributed by atoms with E-state index in [1.54, 1.807) is 25.1 Å². The summed E-state index contributed by atoms with van der Waals surface area (Å²) in [7, 11) is 0. The first-order chi connectivity index (χ1) is 12.6. The number of nitrogens with zero attached hydrogens (tertiary/aromatic N) is 2. The maximum Gasteiger partial charge on any atom is 0.274 e. The van der Waals surface area contributed by atoms with Crippen molar-refractivity contribution in [1.29, 1.82) is 0 Å². The largest absolute Gasteiger partial charge is 0.328 e. The summed E-state index contributed by atoms with van der Waals surface area (Å²) in [5.41, 5.74) is 1.22. The lowest BCUT2D eigenvalue weighted by Crippen LogP contribution is -2.38. The Morgan fingerprint density at radius 2 is 1.74 bits per heavy atom. The molecule has 2 amide bonds. The smallest absolute Gasteiger partial charge is 0.274 e. The molecule has 1 aromatic heterocycles. The van der Waals surface area contributed by atoms with E-state index in [0.717, 1.165) is 5.56 Å². The molecule has 0 aliphatic rings. The monoisotopic (exact) mass is 467 g/mol. The van der Waals surface area contributed by atoms with E-state index in [0.29, 0.717) is 10.7 Å². The molecule has 0 saturated heterocycles. The van der Waals surface area contributed by atoms with Gasteiger partial charge in [0, 0.05) is 17.3 Å². The number of amides is 2. The number of halogens is 5. The average Bonchev–Trinajstić information content (AvgIpc) is 2.63. The van der Waals surface area contributed by atoms with Gasteiger partial charge in [-0.15, -0.1) is 0 Å². The maximum absolute atomic E-state index is 12.7. The summed E-state index contributed by atoms with van der Waals surface area (Å²) < 4.78 is 0. The van der Waals surface area contributed by atoms with E-state index in [2.05, 4.69) is 10.3 Å². The van der Waals surface area contributed by atoms with Crippen LogP contribution in [0, 0.1) is 6.92 Å². The van der Waals surface area contributed by atoms with Gasteiger partial charge in [0.25, 0.3) is 5.91 Å². The highest BCUT2D eigenvalue weighted by Gasteiger charge is 2.25. The van der Waals surface area contributed by atoms with Crippen molar-refractivity contribution in [1.82, 2.24) is 9.88 Å². The van der Waals surface area contributed by atoms with E-state index in [4.69, 9.17) is 58.0 Å². The molecular formula is C17H14Cl5N3O2. The van der Waals surface area contributed by atoms with Crippen LogP contribution in [-0.2, 0) is 4.79 Å². The Morgan fingerprint density at radius 3 is 2.37 bits per heavy atom. The molecule has 1 N–H and O–H groups in total. The highest BCUT2D eigenvalue weighted by Crippen LogP contribution is 2.36. The van der Waals surface area contributed by atoms with Crippen molar-refractivity contribution in [2.24, 2.45) is 0 Å². The second-order valence-electron chi connectivity index (χ2n) is 5.52. The Balaban J connectivity index is 2.21. The third kappa shape index (κ3) is 5.18. The standard InChI is InChI=1S/C17H14Cl5N3O2/c1-3-25(7-11(26)23-10-6-9(18)5-4-8(10)2)17(27)15-13(20)12(19)14(21)16(22)24-15/h4-6H,3,7H2,1-2H3,(H,23,26). The topological polar surface area (TPSA) is 62.3 Å². The Kier molecular flexibility index (Phi) is 7.60. The number of rotatable bonds is 5. The number of hydrogen-bond donors (Lipinski definition) is 1. The number of anilines is 1. The number of nitrogens with one attached hydrogen (secondary N) is 1. The zero-order valence-corrected chi connectivity index (χ0v) is 18.0. The molecule has 0 unspecified atom stereocenters. The Labute approximate surface area is 181 Å². The second-order valence-corrected chi connectivity index (χ2v) is 7.45. The molecule has 2 aromatic rings. The molecule has 0 saturated carbocycles. The maximum atomic E-state index is 12.7. The number of pyridine rings is 1. The lowest BCUT2D eigenvalue weighted by Gasteiger charge is -2.21. The van der Waals surface area contributed by atoms with Crippen LogP contribution in [0.2, 0.25) is 25.2 Å². The minimum Gasteiger partial charge on any atom is -0.328 e. The number of hydrogen-bond acceptors (Lipinski definition) is 3. The molecule has 5 nitrogen and oxygen atoms in total. The van der Waals surface area contributed by atoms with Gasteiger partial charge in [-0.3, -0.25) is 9.59 Å². The van der Waals surface area contributed by atoms with Gasteiger partial charge in [-0.1, -0.05) is 64.1 Å². The summed E-state index contributed by atoms with van der Waals surface area (Å²) >= 11 is 29.7. The molecule has 0 aliphatic carbocycles. The fraction of sp³-hybridized carbons (Fsp3) is 0.235. The van der Waals surface area contributed by atoms with E-state index >= 15 is 0 Å². The van der Waals surface area contributed by atoms with Crippen molar-refractivity contribution in [3.63, 3.8) is 0 Å². The summed E-state index contributed by atoms with van der Waals surface area (Å²) in [6.07, 6.45) is 0. The highest BCUT2D eigenvalue weighted by atomic mass is 35.5. The van der Waals surface area contributed by atoms with Crippen molar-refractivity contribution in [2.75, 3.05) is 18.4 Å². The molecule has 0 spiro atoms. The molecule has 0 bridgehead atoms. The molecule has 1 aromatic carbocycles. The molecule has 1 heterocycles. The van der Waals surface area contributed by atoms with Crippen LogP contribution in [0.1, 0.15) is 23.0 Å². The van der Waals surface area contributed by atoms with Crippen LogP contribution < -0.4 is 5.32 Å². The summed E-state index contributed by atoms with van der Waals surface area (Å²) in [6.45, 7) is 3.55. The quantitative estimate of drug-likeness (QED) is 0.567. The Hall–Kier alpha value is -1.24. The lowest BCUT2D eigenvalue weighted by molar-refractivity contribution is -0.116. The molecular weight excluding hydrogens is 455 g/mol. The van der Waals surface area contributed by atoms with Gasteiger partial charge in [0.15, 0.2) is 0 Å². The zero-order valence-electron chi connectivity index (χ0n) is 14.2. The molecule has 144 valence electrons. The van der Waals surface area contributed by atoms with Gasteiger partial charge >= 0.3 is 0 Å².